The van der Waals surface area contributed by atoms with Gasteiger partial charge in [0.2, 0.25) is 10.0 Å². The molecule has 5 nitrogen and oxygen atoms in total. The lowest BCUT2D eigenvalue weighted by Gasteiger charge is -2.15. The van der Waals surface area contributed by atoms with E-state index in [1.807, 2.05) is 45.0 Å². The topological polar surface area (TPSA) is 68.2 Å². The van der Waals surface area contributed by atoms with E-state index in [9.17, 15) is 13.2 Å². The maximum absolute atomic E-state index is 12.8. The maximum atomic E-state index is 12.8. The van der Waals surface area contributed by atoms with Gasteiger partial charge in [0.15, 0.2) is 0 Å². The molecule has 0 aliphatic heterocycles. The number of rotatable bonds is 6. The van der Waals surface area contributed by atoms with Crippen molar-refractivity contribution < 1.29 is 8.42 Å². The van der Waals surface area contributed by atoms with Crippen molar-refractivity contribution in [2.45, 2.75) is 44.7 Å². The van der Waals surface area contributed by atoms with E-state index in [-0.39, 0.29) is 15.8 Å². The maximum Gasteiger partial charge on any atom is 0.308 e. The lowest BCUT2D eigenvalue weighted by Crippen LogP contribution is -2.26. The summed E-state index contributed by atoms with van der Waals surface area (Å²) < 4.78 is 30.6. The van der Waals surface area contributed by atoms with E-state index in [1.54, 1.807) is 22.8 Å². The van der Waals surface area contributed by atoms with Gasteiger partial charge in [0.25, 0.3) is 0 Å². The van der Waals surface area contributed by atoms with E-state index < -0.39 is 10.0 Å². The first-order valence-electron chi connectivity index (χ1n) is 8.54. The fourth-order valence-electron chi connectivity index (χ4n) is 2.87. The highest BCUT2D eigenvalue weighted by Gasteiger charge is 2.20. The number of aryl methyl sites for hydroxylation is 2. The molecule has 26 heavy (non-hydrogen) atoms. The standard InChI is InChI=1S/C19H22N2O3S2/c1-4-11-21-17-10-9-16(12-18(17)25-19(21)22)26(23,24)20-14(3)15-7-5-13(2)6-8-15/h5-10,12,14,20H,4,11H2,1-3H3/t14-/m1/s1. The molecular formula is C19H22N2O3S2. The largest absolute Gasteiger partial charge is 0.308 e. The summed E-state index contributed by atoms with van der Waals surface area (Å²) in [5.74, 6) is 0. The fraction of sp³-hybridized carbons (Fsp3) is 0.316. The number of sulfonamides is 1. The van der Waals surface area contributed by atoms with Crippen LogP contribution in [0.1, 0.15) is 37.4 Å². The number of thiazole rings is 1. The second-order valence-electron chi connectivity index (χ2n) is 6.40. The zero-order valence-electron chi connectivity index (χ0n) is 15.0. The molecule has 0 saturated heterocycles. The highest BCUT2D eigenvalue weighted by Crippen LogP contribution is 2.23. The summed E-state index contributed by atoms with van der Waals surface area (Å²) in [5, 5.41) is 0. The normalized spacial score (nSPS) is 13.2. The SMILES string of the molecule is CCCn1c(=O)sc2cc(S(=O)(=O)N[C@H](C)c3ccc(C)cc3)ccc21. The molecule has 0 radical (unpaired) electrons. The van der Waals surface area contributed by atoms with E-state index >= 15 is 0 Å². The molecule has 0 saturated carbocycles. The van der Waals surface area contributed by atoms with Gasteiger partial charge in [-0.15, -0.1) is 0 Å². The van der Waals surface area contributed by atoms with Gasteiger partial charge in [0.05, 0.1) is 15.1 Å². The van der Waals surface area contributed by atoms with Crippen LogP contribution < -0.4 is 9.60 Å². The predicted molar refractivity (Wildman–Crippen MR) is 106 cm³/mol. The molecule has 138 valence electrons. The molecule has 1 heterocycles. The summed E-state index contributed by atoms with van der Waals surface area (Å²) in [6.07, 6.45) is 0.849. The molecule has 0 aliphatic rings. The number of hydrogen-bond donors (Lipinski definition) is 1. The first-order chi connectivity index (χ1) is 12.3. The van der Waals surface area contributed by atoms with Crippen molar-refractivity contribution in [2.24, 2.45) is 0 Å². The third-order valence-electron chi connectivity index (χ3n) is 4.31. The third kappa shape index (κ3) is 3.75. The highest BCUT2D eigenvalue weighted by atomic mass is 32.2. The van der Waals surface area contributed by atoms with Crippen LogP contribution in [-0.4, -0.2) is 13.0 Å². The van der Waals surface area contributed by atoms with Gasteiger partial charge in [-0.1, -0.05) is 48.1 Å². The molecule has 0 amide bonds. The van der Waals surface area contributed by atoms with Crippen LogP contribution in [-0.2, 0) is 16.6 Å². The van der Waals surface area contributed by atoms with E-state index in [1.165, 1.54) is 0 Å². The van der Waals surface area contributed by atoms with Crippen molar-refractivity contribution in [2.75, 3.05) is 0 Å². The molecule has 0 bridgehead atoms. The van der Waals surface area contributed by atoms with Gasteiger partial charge in [-0.2, -0.15) is 0 Å². The number of nitrogens with zero attached hydrogens (tertiary/aromatic N) is 1. The Kier molecular flexibility index (Phi) is 5.32. The van der Waals surface area contributed by atoms with Crippen LogP contribution in [0.4, 0.5) is 0 Å². The van der Waals surface area contributed by atoms with Gasteiger partial charge >= 0.3 is 4.87 Å². The molecular weight excluding hydrogens is 368 g/mol. The van der Waals surface area contributed by atoms with Crippen LogP contribution in [0.25, 0.3) is 10.2 Å². The van der Waals surface area contributed by atoms with Crippen molar-refractivity contribution in [3.8, 4) is 0 Å². The lowest BCUT2D eigenvalue weighted by molar-refractivity contribution is 0.567. The Morgan fingerprint density at radius 1 is 1.15 bits per heavy atom. The minimum Gasteiger partial charge on any atom is -0.299 e. The van der Waals surface area contributed by atoms with Crippen LogP contribution >= 0.6 is 11.3 Å². The van der Waals surface area contributed by atoms with Crippen molar-refractivity contribution in [3.63, 3.8) is 0 Å². The fourth-order valence-corrected chi connectivity index (χ4v) is 5.16. The zero-order valence-corrected chi connectivity index (χ0v) is 16.7. The van der Waals surface area contributed by atoms with Crippen molar-refractivity contribution in [3.05, 3.63) is 63.3 Å². The smallest absolute Gasteiger partial charge is 0.299 e. The van der Waals surface area contributed by atoms with Crippen LogP contribution in [0.15, 0.2) is 52.2 Å². The Balaban J connectivity index is 1.91. The van der Waals surface area contributed by atoms with Gasteiger partial charge in [-0.3, -0.25) is 9.36 Å². The second kappa shape index (κ2) is 7.34. The molecule has 0 unspecified atom stereocenters. The van der Waals surface area contributed by atoms with Crippen molar-refractivity contribution in [1.82, 2.24) is 9.29 Å². The van der Waals surface area contributed by atoms with Crippen molar-refractivity contribution in [1.29, 1.82) is 0 Å². The zero-order chi connectivity index (χ0) is 18.9. The monoisotopic (exact) mass is 390 g/mol. The second-order valence-corrected chi connectivity index (χ2v) is 9.11. The number of fused-ring (bicyclic) bond motifs is 1. The van der Waals surface area contributed by atoms with Crippen LogP contribution in [0.2, 0.25) is 0 Å². The van der Waals surface area contributed by atoms with E-state index in [2.05, 4.69) is 4.72 Å². The number of benzene rings is 2. The Morgan fingerprint density at radius 3 is 2.50 bits per heavy atom. The van der Waals surface area contributed by atoms with Gasteiger partial charge in [-0.05, 0) is 44.0 Å². The quantitative estimate of drug-likeness (QED) is 0.696. The third-order valence-corrected chi connectivity index (χ3v) is 6.79. The predicted octanol–water partition coefficient (Wildman–Crippen LogP) is 3.82. The van der Waals surface area contributed by atoms with Crippen LogP contribution in [0.3, 0.4) is 0 Å². The molecule has 3 aromatic rings. The molecule has 7 heteroatoms. The minimum absolute atomic E-state index is 0.0580. The van der Waals surface area contributed by atoms with Crippen molar-refractivity contribution >= 4 is 31.6 Å². The van der Waals surface area contributed by atoms with Crippen LogP contribution in [0, 0.1) is 6.92 Å². The van der Waals surface area contributed by atoms with Gasteiger partial charge in [0.1, 0.15) is 0 Å². The summed E-state index contributed by atoms with van der Waals surface area (Å²) in [6.45, 7) is 6.44. The molecule has 1 atom stereocenters. The molecule has 1 N–H and O–H groups in total. The first-order valence-corrected chi connectivity index (χ1v) is 10.8. The molecule has 2 aromatic carbocycles. The number of aromatic nitrogens is 1. The van der Waals surface area contributed by atoms with Gasteiger partial charge in [0, 0.05) is 12.6 Å². The Labute approximate surface area is 157 Å². The van der Waals surface area contributed by atoms with E-state index in [0.717, 1.165) is 34.4 Å². The minimum atomic E-state index is -3.68. The summed E-state index contributed by atoms with van der Waals surface area (Å²) in [4.78, 5) is 12.2. The number of nitrogens with one attached hydrogen (secondary N) is 1. The van der Waals surface area contributed by atoms with E-state index in [4.69, 9.17) is 0 Å². The molecule has 1 aromatic heterocycles. The lowest BCUT2D eigenvalue weighted by atomic mass is 10.1. The van der Waals surface area contributed by atoms with Crippen LogP contribution in [0.5, 0.6) is 0 Å². The Bertz CT molecular complexity index is 1080. The average molecular weight is 391 g/mol. The summed E-state index contributed by atoms with van der Waals surface area (Å²) in [5.41, 5.74) is 2.81. The summed E-state index contributed by atoms with van der Waals surface area (Å²) in [6, 6.07) is 12.3. The summed E-state index contributed by atoms with van der Waals surface area (Å²) >= 11 is 1.08. The van der Waals surface area contributed by atoms with Gasteiger partial charge < -0.3 is 0 Å². The van der Waals surface area contributed by atoms with Gasteiger partial charge in [-0.25, -0.2) is 13.1 Å². The highest BCUT2D eigenvalue weighted by molar-refractivity contribution is 7.89. The average Bonchev–Trinajstić information content (AvgIpc) is 2.90. The molecule has 0 fully saturated rings. The molecule has 3 rings (SSSR count). The summed E-state index contributed by atoms with van der Waals surface area (Å²) in [7, 11) is -3.68. The first kappa shape index (κ1) is 18.8. The Hall–Kier alpha value is -1.96. The Morgan fingerprint density at radius 2 is 1.85 bits per heavy atom. The van der Waals surface area contributed by atoms with E-state index in [0.29, 0.717) is 11.2 Å². The number of hydrogen-bond acceptors (Lipinski definition) is 4. The molecule has 0 aliphatic carbocycles. The molecule has 0 spiro atoms.